The summed E-state index contributed by atoms with van der Waals surface area (Å²) in [7, 11) is -1.66. The second kappa shape index (κ2) is 4.49. The third-order valence-electron chi connectivity index (χ3n) is 2.53. The van der Waals surface area contributed by atoms with Crippen LogP contribution in [0.4, 0.5) is 0 Å². The van der Waals surface area contributed by atoms with E-state index >= 15 is 0 Å². The van der Waals surface area contributed by atoms with Crippen molar-refractivity contribution in [3.63, 3.8) is 0 Å². The Balaban J connectivity index is 2.59. The molecule has 0 aliphatic heterocycles. The molecule has 6 heteroatoms. The molecule has 0 aliphatic rings. The SMILES string of the molecule is [N-]=[N+]=Np1oc2ccccc2c2ccccc2o1. The van der Waals surface area contributed by atoms with Crippen molar-refractivity contribution in [2.24, 2.45) is 4.88 Å². The van der Waals surface area contributed by atoms with Crippen LogP contribution in [-0.2, 0) is 0 Å². The van der Waals surface area contributed by atoms with Crippen molar-refractivity contribution in [2.45, 2.75) is 0 Å². The highest BCUT2D eigenvalue weighted by Crippen LogP contribution is 2.35. The van der Waals surface area contributed by atoms with Crippen molar-refractivity contribution in [1.29, 1.82) is 0 Å². The number of azide groups is 1. The summed E-state index contributed by atoms with van der Waals surface area (Å²) in [5, 5.41) is 1.87. The predicted molar refractivity (Wildman–Crippen MR) is 70.9 cm³/mol. The number of nitrogens with zero attached hydrogens (tertiary/aromatic N) is 3. The second-order valence-electron chi connectivity index (χ2n) is 3.59. The molecule has 0 spiro atoms. The van der Waals surface area contributed by atoms with E-state index in [0.29, 0.717) is 11.2 Å². The third kappa shape index (κ3) is 1.82. The molecule has 0 bridgehead atoms. The number of para-hydroxylation sites is 2. The van der Waals surface area contributed by atoms with E-state index in [-0.39, 0.29) is 0 Å². The molecule has 0 amide bonds. The summed E-state index contributed by atoms with van der Waals surface area (Å²) in [5.74, 6) is 0. The van der Waals surface area contributed by atoms with Crippen molar-refractivity contribution in [2.75, 3.05) is 0 Å². The predicted octanol–water partition coefficient (Wildman–Crippen LogP) is 5.36. The van der Waals surface area contributed by atoms with E-state index in [1.807, 2.05) is 48.5 Å². The number of hydrogen-bond donors (Lipinski definition) is 0. The van der Waals surface area contributed by atoms with Gasteiger partial charge in [0, 0.05) is 20.6 Å². The van der Waals surface area contributed by atoms with E-state index in [1.165, 1.54) is 0 Å². The van der Waals surface area contributed by atoms with Gasteiger partial charge in [-0.1, -0.05) is 36.4 Å². The van der Waals surface area contributed by atoms with E-state index in [4.69, 9.17) is 13.9 Å². The van der Waals surface area contributed by atoms with Gasteiger partial charge in [0.15, 0.2) is 0 Å². The van der Waals surface area contributed by atoms with Crippen molar-refractivity contribution >= 4 is 30.1 Å². The van der Waals surface area contributed by atoms with Gasteiger partial charge >= 0.3 is 8.16 Å². The molecule has 0 fully saturated rings. The summed E-state index contributed by atoms with van der Waals surface area (Å²) in [6.07, 6.45) is 0. The van der Waals surface area contributed by atoms with Gasteiger partial charge in [-0.15, -0.1) is 0 Å². The van der Waals surface area contributed by atoms with Crippen molar-refractivity contribution in [1.82, 2.24) is 0 Å². The van der Waals surface area contributed by atoms with Crippen LogP contribution in [0, 0.1) is 0 Å². The lowest BCUT2D eigenvalue weighted by Gasteiger charge is -1.92. The van der Waals surface area contributed by atoms with Crippen LogP contribution in [0.2, 0.25) is 0 Å². The van der Waals surface area contributed by atoms with Crippen LogP contribution >= 0.6 is 8.16 Å². The van der Waals surface area contributed by atoms with Crippen molar-refractivity contribution in [3.05, 3.63) is 59.0 Å². The average Bonchev–Trinajstić information content (AvgIpc) is 2.55. The lowest BCUT2D eigenvalue weighted by molar-refractivity contribution is 0.641. The van der Waals surface area contributed by atoms with E-state index in [9.17, 15) is 0 Å². The van der Waals surface area contributed by atoms with Gasteiger partial charge in [0.25, 0.3) is 0 Å². The molecule has 0 N–H and O–H groups in total. The first kappa shape index (κ1) is 10.8. The minimum Gasteiger partial charge on any atom is -0.414 e. The minimum absolute atomic E-state index is 0.668. The van der Waals surface area contributed by atoms with Gasteiger partial charge < -0.3 is 8.39 Å². The lowest BCUT2D eigenvalue weighted by Crippen LogP contribution is -1.69. The molecular weight excluding hydrogens is 249 g/mol. The number of fused-ring (bicyclic) bond motifs is 3. The highest BCUT2D eigenvalue weighted by atomic mass is 31.1. The van der Waals surface area contributed by atoms with E-state index in [1.54, 1.807) is 0 Å². The monoisotopic (exact) mass is 257 g/mol. The van der Waals surface area contributed by atoms with Gasteiger partial charge in [-0.2, -0.15) is 0 Å². The second-order valence-corrected chi connectivity index (χ2v) is 4.61. The summed E-state index contributed by atoms with van der Waals surface area (Å²) in [4.78, 5) is 6.29. The molecule has 3 rings (SSSR count). The topological polar surface area (TPSA) is 75.0 Å². The molecule has 18 heavy (non-hydrogen) atoms. The normalized spacial score (nSPS) is 10.2. The number of hydrogen-bond acceptors (Lipinski definition) is 3. The molecule has 2 aromatic carbocycles. The summed E-state index contributed by atoms with van der Waals surface area (Å²) in [6.45, 7) is 0. The molecule has 88 valence electrons. The van der Waals surface area contributed by atoms with Crippen LogP contribution in [0.25, 0.3) is 32.4 Å². The first-order valence-electron chi connectivity index (χ1n) is 5.28. The highest BCUT2D eigenvalue weighted by Gasteiger charge is 2.03. The van der Waals surface area contributed by atoms with Crippen LogP contribution in [-0.4, -0.2) is 0 Å². The van der Waals surface area contributed by atoms with E-state index < -0.39 is 8.16 Å². The zero-order valence-electron chi connectivity index (χ0n) is 9.22. The Morgan fingerprint density at radius 3 is 1.89 bits per heavy atom. The molecule has 0 unspecified atom stereocenters. The first-order chi connectivity index (χ1) is 8.88. The quantitative estimate of drug-likeness (QED) is 0.334. The Labute approximate surface area is 103 Å². The van der Waals surface area contributed by atoms with E-state index in [0.717, 1.165) is 10.8 Å². The molecule has 0 atom stereocenters. The van der Waals surface area contributed by atoms with Gasteiger partial charge in [0.2, 0.25) is 0 Å². The zero-order chi connectivity index (χ0) is 12.4. The van der Waals surface area contributed by atoms with Crippen LogP contribution in [0.1, 0.15) is 0 Å². The third-order valence-corrected chi connectivity index (χ3v) is 3.46. The maximum Gasteiger partial charge on any atom is 0.315 e. The first-order valence-corrected chi connectivity index (χ1v) is 6.41. The van der Waals surface area contributed by atoms with Gasteiger partial charge in [-0.3, -0.25) is 0 Å². The summed E-state index contributed by atoms with van der Waals surface area (Å²) in [6, 6.07) is 15.2. The summed E-state index contributed by atoms with van der Waals surface area (Å²) >= 11 is 0. The molecule has 0 aliphatic carbocycles. The Hall–Kier alpha value is -2.35. The van der Waals surface area contributed by atoms with Crippen LogP contribution in [0.15, 0.2) is 61.8 Å². The highest BCUT2D eigenvalue weighted by molar-refractivity contribution is 7.35. The Morgan fingerprint density at radius 1 is 0.889 bits per heavy atom. The fourth-order valence-electron chi connectivity index (χ4n) is 1.79. The fourth-order valence-corrected chi connectivity index (χ4v) is 2.62. The van der Waals surface area contributed by atoms with Gasteiger partial charge in [0.05, 0.1) is 0 Å². The molecule has 0 saturated heterocycles. The minimum atomic E-state index is -1.66. The Bertz CT molecular complexity index is 748. The molecule has 1 aromatic heterocycles. The van der Waals surface area contributed by atoms with Crippen LogP contribution in [0.5, 0.6) is 0 Å². The Morgan fingerprint density at radius 2 is 1.39 bits per heavy atom. The maximum absolute atomic E-state index is 8.52. The van der Waals surface area contributed by atoms with Gasteiger partial charge in [0.1, 0.15) is 11.2 Å². The smallest absolute Gasteiger partial charge is 0.315 e. The van der Waals surface area contributed by atoms with Crippen molar-refractivity contribution in [3.8, 4) is 0 Å². The van der Waals surface area contributed by atoms with Gasteiger partial charge in [-0.05, 0) is 17.7 Å². The van der Waals surface area contributed by atoms with Gasteiger partial charge in [-0.25, -0.2) is 0 Å². The Kier molecular flexibility index (Phi) is 2.69. The fraction of sp³-hybridized carbons (Fsp3) is 0. The number of benzene rings is 2. The largest absolute Gasteiger partial charge is 0.414 e. The molecule has 1 heterocycles. The van der Waals surface area contributed by atoms with Crippen molar-refractivity contribution < 1.29 is 8.39 Å². The lowest BCUT2D eigenvalue weighted by atomic mass is 10.1. The van der Waals surface area contributed by atoms with E-state index in [2.05, 4.69) is 9.80 Å². The summed E-state index contributed by atoms with van der Waals surface area (Å²) < 4.78 is 11.2. The summed E-state index contributed by atoms with van der Waals surface area (Å²) in [5.41, 5.74) is 9.86. The maximum atomic E-state index is 8.52. The van der Waals surface area contributed by atoms with Crippen LogP contribution in [0.3, 0.4) is 0 Å². The van der Waals surface area contributed by atoms with Crippen LogP contribution < -0.4 is 0 Å². The molecule has 5 nitrogen and oxygen atoms in total. The zero-order valence-corrected chi connectivity index (χ0v) is 10.1. The molecule has 3 aromatic rings. The molecular formula is C12H8N3O2P. The molecule has 0 radical (unpaired) electrons. The molecule has 0 saturated carbocycles. The average molecular weight is 257 g/mol. The standard InChI is InChI=1S/C12H8N3O2P/c13-14-15-18-16-11-7-3-1-5-9(11)10-6-2-4-8-12(10)17-18/h1-8H. The number of rotatable bonds is 1.